The van der Waals surface area contributed by atoms with Crippen LogP contribution < -0.4 is 10.1 Å². The molecular formula is C20H20F3NO3. The number of ketones is 1. The third-order valence-corrected chi connectivity index (χ3v) is 3.77. The molecule has 0 unspecified atom stereocenters. The summed E-state index contributed by atoms with van der Waals surface area (Å²) in [5, 5.41) is 2.69. The molecule has 0 aromatic heterocycles. The van der Waals surface area contributed by atoms with Gasteiger partial charge < -0.3 is 10.1 Å². The Bertz CT molecular complexity index is 831. The fourth-order valence-electron chi connectivity index (χ4n) is 2.46. The predicted octanol–water partition coefficient (Wildman–Crippen LogP) is 5.23. The first-order valence-corrected chi connectivity index (χ1v) is 8.44. The summed E-state index contributed by atoms with van der Waals surface area (Å²) >= 11 is 0. The highest BCUT2D eigenvalue weighted by atomic mass is 19.4. The number of rotatable bonds is 7. The van der Waals surface area contributed by atoms with Crippen LogP contribution in [0.4, 0.5) is 18.9 Å². The van der Waals surface area contributed by atoms with Crippen LogP contribution in [0, 0.1) is 0 Å². The lowest BCUT2D eigenvalue weighted by atomic mass is 10.1. The highest BCUT2D eigenvalue weighted by Crippen LogP contribution is 2.30. The zero-order chi connectivity index (χ0) is 20.0. The molecule has 0 saturated carbocycles. The molecule has 0 fully saturated rings. The van der Waals surface area contributed by atoms with Crippen LogP contribution >= 0.6 is 0 Å². The van der Waals surface area contributed by atoms with Crippen LogP contribution in [-0.4, -0.2) is 11.7 Å². The number of benzene rings is 2. The molecule has 0 atom stereocenters. The number of Topliss-reactive ketones (excluding diaryl/α,β-unsaturated/α-hetero) is 1. The van der Waals surface area contributed by atoms with Crippen molar-refractivity contribution in [1.82, 2.24) is 0 Å². The van der Waals surface area contributed by atoms with E-state index in [0.717, 1.165) is 12.1 Å². The average Bonchev–Trinajstić information content (AvgIpc) is 2.60. The predicted molar refractivity (Wildman–Crippen MR) is 95.8 cm³/mol. The van der Waals surface area contributed by atoms with Gasteiger partial charge in [-0.25, -0.2) is 0 Å². The van der Waals surface area contributed by atoms with E-state index in [0.29, 0.717) is 24.1 Å². The van der Waals surface area contributed by atoms with Crippen molar-refractivity contribution in [2.75, 3.05) is 5.32 Å². The Morgan fingerprint density at radius 3 is 2.48 bits per heavy atom. The summed E-state index contributed by atoms with van der Waals surface area (Å²) in [6.45, 7) is 3.11. The first-order valence-electron chi connectivity index (χ1n) is 8.44. The maximum atomic E-state index is 12.8. The third-order valence-electron chi connectivity index (χ3n) is 3.77. The Morgan fingerprint density at radius 2 is 1.85 bits per heavy atom. The lowest BCUT2D eigenvalue weighted by Crippen LogP contribution is -2.11. The van der Waals surface area contributed by atoms with E-state index in [1.807, 2.05) is 6.92 Å². The molecule has 0 aliphatic carbocycles. The van der Waals surface area contributed by atoms with Gasteiger partial charge in [-0.2, -0.15) is 13.2 Å². The minimum atomic E-state index is -4.43. The highest BCUT2D eigenvalue weighted by Gasteiger charge is 2.30. The van der Waals surface area contributed by atoms with E-state index < -0.39 is 11.7 Å². The topological polar surface area (TPSA) is 55.4 Å². The molecule has 0 aliphatic rings. The number of ether oxygens (including phenoxy) is 1. The Kier molecular flexibility index (Phi) is 6.60. The third kappa shape index (κ3) is 5.84. The van der Waals surface area contributed by atoms with Crippen molar-refractivity contribution in [2.24, 2.45) is 0 Å². The number of nitrogens with one attached hydrogen (secondary N) is 1. The molecule has 1 N–H and O–H groups in total. The summed E-state index contributed by atoms with van der Waals surface area (Å²) in [6, 6.07) is 9.41. The molecule has 144 valence electrons. The number of amides is 1. The molecule has 0 saturated heterocycles. The summed E-state index contributed by atoms with van der Waals surface area (Å²) < 4.78 is 43.9. The van der Waals surface area contributed by atoms with Crippen LogP contribution in [0.1, 0.15) is 48.2 Å². The normalized spacial score (nSPS) is 11.1. The number of anilines is 1. The van der Waals surface area contributed by atoms with Gasteiger partial charge in [0.15, 0.2) is 5.78 Å². The molecule has 0 radical (unpaired) electrons. The number of carbonyl (C=O) groups is 2. The van der Waals surface area contributed by atoms with Gasteiger partial charge in [-0.05, 0) is 49.2 Å². The van der Waals surface area contributed by atoms with E-state index in [1.54, 1.807) is 6.07 Å². The molecule has 1 amide bonds. The molecule has 0 heterocycles. The second-order valence-electron chi connectivity index (χ2n) is 6.05. The van der Waals surface area contributed by atoms with Gasteiger partial charge >= 0.3 is 6.18 Å². The van der Waals surface area contributed by atoms with E-state index in [2.05, 4.69) is 5.32 Å². The van der Waals surface area contributed by atoms with Crippen molar-refractivity contribution in [3.05, 3.63) is 59.2 Å². The standard InChI is InChI=1S/C20H20F3NO3/c1-3-5-19(26)24-16-8-9-18(17(11-16)13(2)25)27-12-14-6-4-7-15(10-14)20(21,22)23/h4,6-11H,3,5,12H2,1-2H3,(H,24,26). The molecule has 0 spiro atoms. The van der Waals surface area contributed by atoms with Crippen molar-refractivity contribution < 1.29 is 27.5 Å². The lowest BCUT2D eigenvalue weighted by Gasteiger charge is -2.13. The SMILES string of the molecule is CCCC(=O)Nc1ccc(OCc2cccc(C(F)(F)F)c2)c(C(C)=O)c1. The minimum Gasteiger partial charge on any atom is -0.488 e. The van der Waals surface area contributed by atoms with Crippen molar-refractivity contribution in [3.8, 4) is 5.75 Å². The second-order valence-corrected chi connectivity index (χ2v) is 6.05. The lowest BCUT2D eigenvalue weighted by molar-refractivity contribution is -0.137. The zero-order valence-corrected chi connectivity index (χ0v) is 15.0. The number of hydrogen-bond donors (Lipinski definition) is 1. The van der Waals surface area contributed by atoms with Crippen LogP contribution in [0.5, 0.6) is 5.75 Å². The zero-order valence-electron chi connectivity index (χ0n) is 15.0. The Morgan fingerprint density at radius 1 is 1.11 bits per heavy atom. The highest BCUT2D eigenvalue weighted by molar-refractivity contribution is 5.99. The monoisotopic (exact) mass is 379 g/mol. The molecule has 27 heavy (non-hydrogen) atoms. The van der Waals surface area contributed by atoms with E-state index in [-0.39, 0.29) is 29.6 Å². The molecule has 0 aliphatic heterocycles. The maximum absolute atomic E-state index is 12.8. The quantitative estimate of drug-likeness (QED) is 0.671. The molecule has 7 heteroatoms. The van der Waals surface area contributed by atoms with Gasteiger partial charge in [0.2, 0.25) is 5.91 Å². The van der Waals surface area contributed by atoms with Gasteiger partial charge in [0.1, 0.15) is 12.4 Å². The number of alkyl halides is 3. The van der Waals surface area contributed by atoms with Crippen molar-refractivity contribution in [2.45, 2.75) is 39.5 Å². The molecule has 2 aromatic carbocycles. The fourth-order valence-corrected chi connectivity index (χ4v) is 2.46. The van der Waals surface area contributed by atoms with Crippen LogP contribution in [0.3, 0.4) is 0 Å². The number of carbonyl (C=O) groups excluding carboxylic acids is 2. The Balaban J connectivity index is 2.16. The van der Waals surface area contributed by atoms with Crippen LogP contribution in [0.25, 0.3) is 0 Å². The van der Waals surface area contributed by atoms with Crippen LogP contribution in [-0.2, 0) is 17.6 Å². The van der Waals surface area contributed by atoms with Crippen LogP contribution in [0.2, 0.25) is 0 Å². The van der Waals surface area contributed by atoms with Gasteiger partial charge in [-0.1, -0.05) is 19.1 Å². The number of halogens is 3. The summed E-state index contributed by atoms with van der Waals surface area (Å²) in [6.07, 6.45) is -3.37. The van der Waals surface area contributed by atoms with E-state index >= 15 is 0 Å². The van der Waals surface area contributed by atoms with Crippen molar-refractivity contribution >= 4 is 17.4 Å². The van der Waals surface area contributed by atoms with Gasteiger partial charge in [-0.3, -0.25) is 9.59 Å². The van der Waals surface area contributed by atoms with Gasteiger partial charge in [0.25, 0.3) is 0 Å². The molecule has 0 bridgehead atoms. The van der Waals surface area contributed by atoms with E-state index in [4.69, 9.17) is 4.74 Å². The Labute approximate surface area is 155 Å². The first-order chi connectivity index (χ1) is 12.7. The smallest absolute Gasteiger partial charge is 0.416 e. The summed E-state index contributed by atoms with van der Waals surface area (Å²) in [5.41, 5.74) is 0.283. The van der Waals surface area contributed by atoms with E-state index in [9.17, 15) is 22.8 Å². The molecule has 2 aromatic rings. The number of hydrogen-bond acceptors (Lipinski definition) is 3. The second kappa shape index (κ2) is 8.70. The summed E-state index contributed by atoms with van der Waals surface area (Å²) in [4.78, 5) is 23.6. The molecule has 4 nitrogen and oxygen atoms in total. The van der Waals surface area contributed by atoms with Gasteiger partial charge in [-0.15, -0.1) is 0 Å². The Hall–Kier alpha value is -2.83. The van der Waals surface area contributed by atoms with Gasteiger partial charge in [0, 0.05) is 12.1 Å². The summed E-state index contributed by atoms with van der Waals surface area (Å²) in [7, 11) is 0. The first kappa shape index (κ1) is 20.5. The van der Waals surface area contributed by atoms with Crippen molar-refractivity contribution in [3.63, 3.8) is 0 Å². The average molecular weight is 379 g/mol. The molecule has 2 rings (SSSR count). The van der Waals surface area contributed by atoms with E-state index in [1.165, 1.54) is 31.2 Å². The van der Waals surface area contributed by atoms with Crippen LogP contribution in [0.15, 0.2) is 42.5 Å². The fraction of sp³-hybridized carbons (Fsp3) is 0.300. The molecular weight excluding hydrogens is 359 g/mol. The van der Waals surface area contributed by atoms with Gasteiger partial charge in [0.05, 0.1) is 11.1 Å². The van der Waals surface area contributed by atoms with Crippen molar-refractivity contribution in [1.29, 1.82) is 0 Å². The minimum absolute atomic E-state index is 0.119. The largest absolute Gasteiger partial charge is 0.488 e. The maximum Gasteiger partial charge on any atom is 0.416 e. The summed E-state index contributed by atoms with van der Waals surface area (Å²) in [5.74, 6) is -0.196.